The van der Waals surface area contributed by atoms with Crippen molar-refractivity contribution in [2.45, 2.75) is 58.5 Å². The number of hydrogen-bond donors (Lipinski definition) is 0. The topological polar surface area (TPSA) is 38.7 Å². The van der Waals surface area contributed by atoms with Crippen LogP contribution in [-0.4, -0.2) is 31.9 Å². The standard InChI is InChI=1S/C19H27NO2Si/c1-19(2,3)22-18(21)17(13-10-14-23(4,5)6)20-15-16-11-8-7-9-12-16/h7-9,11-12,15,17H,13H2,1-6H3/b20-15+. The molecule has 1 unspecified atom stereocenters. The van der Waals surface area contributed by atoms with Crippen molar-refractivity contribution >= 4 is 20.3 Å². The molecule has 0 amide bonds. The Kier molecular flexibility index (Phi) is 6.77. The van der Waals surface area contributed by atoms with E-state index in [-0.39, 0.29) is 5.97 Å². The molecule has 0 N–H and O–H groups in total. The highest BCUT2D eigenvalue weighted by atomic mass is 28.3. The van der Waals surface area contributed by atoms with Crippen LogP contribution >= 0.6 is 0 Å². The Hall–Kier alpha value is -1.86. The van der Waals surface area contributed by atoms with Crippen LogP contribution < -0.4 is 0 Å². The van der Waals surface area contributed by atoms with E-state index in [2.05, 4.69) is 36.1 Å². The van der Waals surface area contributed by atoms with Crippen molar-refractivity contribution in [1.82, 2.24) is 0 Å². The highest BCUT2D eigenvalue weighted by molar-refractivity contribution is 6.83. The lowest BCUT2D eigenvalue weighted by atomic mass is 10.1. The first-order valence-electron chi connectivity index (χ1n) is 7.88. The zero-order chi connectivity index (χ0) is 17.5. The van der Waals surface area contributed by atoms with Crippen LogP contribution in [0.4, 0.5) is 0 Å². The maximum Gasteiger partial charge on any atom is 0.332 e. The lowest BCUT2D eigenvalue weighted by molar-refractivity contribution is -0.156. The third-order valence-electron chi connectivity index (χ3n) is 2.64. The SMILES string of the molecule is CC(C)(C)OC(=O)C(CC#C[Si](C)(C)C)/N=C/c1ccccc1. The first kappa shape index (κ1) is 19.2. The minimum absolute atomic E-state index is 0.324. The van der Waals surface area contributed by atoms with Crippen LogP contribution in [0.2, 0.25) is 19.6 Å². The van der Waals surface area contributed by atoms with Gasteiger partial charge >= 0.3 is 5.97 Å². The Morgan fingerprint density at radius 2 is 1.87 bits per heavy atom. The molecule has 0 saturated carbocycles. The lowest BCUT2D eigenvalue weighted by Crippen LogP contribution is -2.31. The molecular formula is C19H27NO2Si. The number of rotatable bonds is 4. The Labute approximate surface area is 141 Å². The molecular weight excluding hydrogens is 302 g/mol. The summed E-state index contributed by atoms with van der Waals surface area (Å²) < 4.78 is 5.46. The largest absolute Gasteiger partial charge is 0.458 e. The average molecular weight is 330 g/mol. The zero-order valence-electron chi connectivity index (χ0n) is 15.0. The van der Waals surface area contributed by atoms with Crippen LogP contribution in [0.15, 0.2) is 35.3 Å². The van der Waals surface area contributed by atoms with Gasteiger partial charge in [-0.2, -0.15) is 0 Å². The van der Waals surface area contributed by atoms with Gasteiger partial charge in [0.25, 0.3) is 0 Å². The summed E-state index contributed by atoms with van der Waals surface area (Å²) in [5.74, 6) is 2.80. The third-order valence-corrected chi connectivity index (χ3v) is 3.57. The smallest absolute Gasteiger partial charge is 0.332 e. The van der Waals surface area contributed by atoms with Crippen molar-refractivity contribution in [1.29, 1.82) is 0 Å². The van der Waals surface area contributed by atoms with E-state index >= 15 is 0 Å². The number of aliphatic imine (C=N–C) groups is 1. The molecule has 0 spiro atoms. The van der Waals surface area contributed by atoms with E-state index < -0.39 is 19.7 Å². The van der Waals surface area contributed by atoms with Gasteiger partial charge in [-0.05, 0) is 26.3 Å². The molecule has 23 heavy (non-hydrogen) atoms. The second-order valence-corrected chi connectivity index (χ2v) is 12.2. The molecule has 3 nitrogen and oxygen atoms in total. The fraction of sp³-hybridized carbons (Fsp3) is 0.474. The summed E-state index contributed by atoms with van der Waals surface area (Å²) in [6.07, 6.45) is 2.10. The minimum Gasteiger partial charge on any atom is -0.458 e. The molecule has 0 aromatic heterocycles. The van der Waals surface area contributed by atoms with Crippen molar-refractivity contribution in [3.8, 4) is 11.5 Å². The monoisotopic (exact) mass is 329 g/mol. The number of esters is 1. The first-order chi connectivity index (χ1) is 10.6. The quantitative estimate of drug-likeness (QED) is 0.361. The molecule has 4 heteroatoms. The molecule has 0 fully saturated rings. The second kappa shape index (κ2) is 8.12. The normalized spacial score (nSPS) is 13.3. The highest BCUT2D eigenvalue weighted by Crippen LogP contribution is 2.12. The Morgan fingerprint density at radius 3 is 2.39 bits per heavy atom. The fourth-order valence-corrected chi connectivity index (χ4v) is 2.33. The van der Waals surface area contributed by atoms with Crippen molar-refractivity contribution in [2.75, 3.05) is 0 Å². The van der Waals surface area contributed by atoms with Crippen molar-refractivity contribution in [2.24, 2.45) is 4.99 Å². The second-order valence-electron chi connectivity index (χ2n) is 7.49. The molecule has 0 heterocycles. The maximum atomic E-state index is 12.3. The third kappa shape index (κ3) is 8.99. The van der Waals surface area contributed by atoms with E-state index in [1.165, 1.54) is 0 Å². The lowest BCUT2D eigenvalue weighted by Gasteiger charge is -2.21. The van der Waals surface area contributed by atoms with Gasteiger partial charge in [0, 0.05) is 12.6 Å². The van der Waals surface area contributed by atoms with Crippen LogP contribution in [0.1, 0.15) is 32.8 Å². The van der Waals surface area contributed by atoms with E-state index in [4.69, 9.17) is 4.74 Å². The van der Waals surface area contributed by atoms with Gasteiger partial charge in [0.15, 0.2) is 6.04 Å². The molecule has 0 aliphatic rings. The number of benzene rings is 1. The van der Waals surface area contributed by atoms with Crippen LogP contribution in [-0.2, 0) is 9.53 Å². The summed E-state index contributed by atoms with van der Waals surface area (Å²) in [5, 5.41) is 0. The molecule has 0 aliphatic carbocycles. The zero-order valence-corrected chi connectivity index (χ0v) is 16.0. The van der Waals surface area contributed by atoms with E-state index in [1.807, 2.05) is 51.1 Å². The van der Waals surface area contributed by atoms with Gasteiger partial charge in [-0.25, -0.2) is 4.79 Å². The van der Waals surface area contributed by atoms with E-state index in [0.29, 0.717) is 6.42 Å². The molecule has 0 bridgehead atoms. The Morgan fingerprint density at radius 1 is 1.26 bits per heavy atom. The average Bonchev–Trinajstić information content (AvgIpc) is 2.40. The summed E-state index contributed by atoms with van der Waals surface area (Å²) in [4.78, 5) is 16.8. The number of ether oxygens (including phenoxy) is 1. The fourth-order valence-electron chi connectivity index (χ4n) is 1.69. The minimum atomic E-state index is -1.46. The maximum absolute atomic E-state index is 12.3. The first-order valence-corrected chi connectivity index (χ1v) is 11.4. The van der Waals surface area contributed by atoms with Gasteiger partial charge < -0.3 is 4.74 Å². The van der Waals surface area contributed by atoms with Crippen LogP contribution in [0.25, 0.3) is 0 Å². The molecule has 1 aromatic carbocycles. The molecule has 0 radical (unpaired) electrons. The summed E-state index contributed by atoms with van der Waals surface area (Å²) in [5.41, 5.74) is 3.71. The highest BCUT2D eigenvalue weighted by Gasteiger charge is 2.23. The molecule has 0 saturated heterocycles. The van der Waals surface area contributed by atoms with Crippen LogP contribution in [0, 0.1) is 11.5 Å². The summed E-state index contributed by atoms with van der Waals surface area (Å²) in [6.45, 7) is 12.1. The Balaban J connectivity index is 2.89. The summed E-state index contributed by atoms with van der Waals surface area (Å²) in [7, 11) is -1.46. The van der Waals surface area contributed by atoms with Gasteiger partial charge in [0.1, 0.15) is 13.7 Å². The van der Waals surface area contributed by atoms with Crippen molar-refractivity contribution in [3.05, 3.63) is 35.9 Å². The number of hydrogen-bond acceptors (Lipinski definition) is 3. The number of carbonyl (C=O) groups is 1. The molecule has 124 valence electrons. The van der Waals surface area contributed by atoms with E-state index in [1.54, 1.807) is 6.21 Å². The van der Waals surface area contributed by atoms with Crippen LogP contribution in [0.3, 0.4) is 0 Å². The van der Waals surface area contributed by atoms with Gasteiger partial charge in [0.05, 0.1) is 0 Å². The van der Waals surface area contributed by atoms with Gasteiger partial charge in [-0.3, -0.25) is 4.99 Å². The van der Waals surface area contributed by atoms with Crippen molar-refractivity contribution < 1.29 is 9.53 Å². The van der Waals surface area contributed by atoms with Gasteiger partial charge in [-0.15, -0.1) is 11.5 Å². The van der Waals surface area contributed by atoms with Gasteiger partial charge in [0.2, 0.25) is 0 Å². The number of carbonyl (C=O) groups excluding carboxylic acids is 1. The van der Waals surface area contributed by atoms with Crippen LogP contribution in [0.5, 0.6) is 0 Å². The molecule has 1 rings (SSSR count). The van der Waals surface area contributed by atoms with E-state index in [9.17, 15) is 4.79 Å². The van der Waals surface area contributed by atoms with Crippen molar-refractivity contribution in [3.63, 3.8) is 0 Å². The molecule has 1 atom stereocenters. The number of nitrogens with zero attached hydrogens (tertiary/aromatic N) is 1. The van der Waals surface area contributed by atoms with E-state index in [0.717, 1.165) is 5.56 Å². The summed E-state index contributed by atoms with van der Waals surface area (Å²) >= 11 is 0. The predicted molar refractivity (Wildman–Crippen MR) is 99.4 cm³/mol. The summed E-state index contributed by atoms with van der Waals surface area (Å²) in [6, 6.07) is 9.14. The molecule has 0 aliphatic heterocycles. The van der Waals surface area contributed by atoms with Gasteiger partial charge in [-0.1, -0.05) is 50.0 Å². The predicted octanol–water partition coefficient (Wildman–Crippen LogP) is 4.09. The molecule has 1 aromatic rings. The Bertz CT molecular complexity index is 598.